The molecule has 0 nitrogen and oxygen atoms in total. The van der Waals surface area contributed by atoms with Gasteiger partial charge in [0, 0.05) is 83.5 Å². The monoisotopic (exact) mass is 889 g/mol. The first-order chi connectivity index (χ1) is 0. The molecule has 10 radical (unpaired) electrons. The van der Waals surface area contributed by atoms with Crippen molar-refractivity contribution in [3.05, 3.63) is 0 Å². The fourth-order valence-corrected chi connectivity index (χ4v) is 0. The predicted molar refractivity (Wildman–Crippen MR) is 42.7 cm³/mol. The molecule has 0 unspecified atom stereocenters. The van der Waals surface area contributed by atoms with Crippen molar-refractivity contribution in [2.45, 2.75) is 0 Å². The molecule has 0 aliphatic heterocycles. The second-order valence-corrected chi connectivity index (χ2v) is 0. The Morgan fingerprint density at radius 3 is 0.286 bits per heavy atom. The van der Waals surface area contributed by atoms with Gasteiger partial charge in [-0.3, -0.25) is 0 Å². The Balaban J connectivity index is 0. The second-order valence-electron chi connectivity index (χ2n) is 0. The van der Waals surface area contributed by atoms with Crippen molar-refractivity contribution in [2.24, 2.45) is 0 Å². The minimum absolute atomic E-state index is 0. The molecule has 7 heteroatoms. The maximum atomic E-state index is 0. The molecule has 0 aliphatic rings. The van der Waals surface area contributed by atoms with Crippen LogP contribution in [0.2, 0.25) is 0 Å². The van der Waals surface area contributed by atoms with Crippen LogP contribution in [0.5, 0.6) is 0 Å². The molecule has 0 saturated carbocycles. The Labute approximate surface area is 197 Å². The molecule has 0 aromatic rings. The normalized spacial score (nSPS) is 0. The van der Waals surface area contributed by atoms with E-state index in [9.17, 15) is 0 Å². The van der Waals surface area contributed by atoms with Crippen LogP contribution in [-0.4, -0.2) is 120 Å². The number of hydrogen-bond acceptors (Lipinski definition) is 0. The van der Waals surface area contributed by atoms with Gasteiger partial charge in [0.15, 0.2) is 0 Å². The Bertz CT molecular complexity index is 6.04. The zero-order valence-electron chi connectivity index (χ0n) is 4.54. The fraction of sp³-hybridized carbons (Fsp3) is 0. The van der Waals surface area contributed by atoms with Crippen LogP contribution in [0.4, 0.5) is 0 Å². The summed E-state index contributed by atoms with van der Waals surface area (Å²) in [7, 11) is 0. The van der Waals surface area contributed by atoms with E-state index in [0.29, 0.717) is 0 Å². The van der Waals surface area contributed by atoms with Crippen LogP contribution in [0.1, 0.15) is 0 Å². The molecule has 0 fully saturated rings. The van der Waals surface area contributed by atoms with Crippen molar-refractivity contribution in [1.29, 1.82) is 0 Å². The zero-order chi connectivity index (χ0) is 0. The quantitative estimate of drug-likeness (QED) is 0.216. The van der Waals surface area contributed by atoms with E-state index in [1.807, 2.05) is 0 Å². The molecule has 0 aromatic carbocycles. The van der Waals surface area contributed by atoms with Crippen LogP contribution < -0.4 is 0 Å². The van der Waals surface area contributed by atoms with Crippen molar-refractivity contribution in [2.75, 3.05) is 0 Å². The molecule has 0 aromatic heterocycles. The summed E-state index contributed by atoms with van der Waals surface area (Å²) in [5.74, 6) is 0. The second kappa shape index (κ2) is 38.6. The molecule has 7 heavy (non-hydrogen) atoms. The van der Waals surface area contributed by atoms with Gasteiger partial charge in [0.25, 0.3) is 0 Å². The van der Waals surface area contributed by atoms with Gasteiger partial charge in [0.1, 0.15) is 0 Å². The standard InChI is InChI=1S/2Ce.5Sn.10H. The van der Waals surface area contributed by atoms with Gasteiger partial charge in [0.2, 0.25) is 0 Å². The van der Waals surface area contributed by atoms with Crippen LogP contribution in [0.3, 0.4) is 0 Å². The molecular formula is H10Ce2Sn5. The molecule has 0 bridgehead atoms. The summed E-state index contributed by atoms with van der Waals surface area (Å²) < 4.78 is 0. The average Bonchev–Trinajstić information content (AvgIpc) is 0. The average molecular weight is 884 g/mol. The van der Waals surface area contributed by atoms with Gasteiger partial charge in [-0.25, -0.2) is 0 Å². The Hall–Kier alpha value is 6.75. The maximum absolute atomic E-state index is 0. The van der Waals surface area contributed by atoms with Gasteiger partial charge in [-0.05, 0) is 0 Å². The Morgan fingerprint density at radius 1 is 0.286 bits per heavy atom. The first kappa shape index (κ1) is 49.1. The summed E-state index contributed by atoms with van der Waals surface area (Å²) in [6.45, 7) is 0. The van der Waals surface area contributed by atoms with E-state index in [2.05, 4.69) is 0 Å². The van der Waals surface area contributed by atoms with Crippen molar-refractivity contribution in [1.82, 2.24) is 0 Å². The fourth-order valence-electron chi connectivity index (χ4n) is 0. The molecule has 0 heterocycles. The van der Waals surface area contributed by atoms with E-state index in [1.54, 1.807) is 0 Å². The van der Waals surface area contributed by atoms with E-state index in [1.165, 1.54) is 0 Å². The van der Waals surface area contributed by atoms with Crippen LogP contribution in [0, 0.1) is 83.5 Å². The number of hydrogen-bond donors (Lipinski definition) is 0. The molecule has 0 amide bonds. The van der Waals surface area contributed by atoms with E-state index in [0.717, 1.165) is 0 Å². The van der Waals surface area contributed by atoms with E-state index in [4.69, 9.17) is 0 Å². The summed E-state index contributed by atoms with van der Waals surface area (Å²) in [5, 5.41) is 0. The van der Waals surface area contributed by atoms with Crippen LogP contribution in [0.25, 0.3) is 0 Å². The van der Waals surface area contributed by atoms with Gasteiger partial charge in [-0.2, -0.15) is 0 Å². The molecule has 0 aliphatic carbocycles. The van der Waals surface area contributed by atoms with Gasteiger partial charge < -0.3 is 0 Å². The molecule has 0 rings (SSSR count). The van der Waals surface area contributed by atoms with Crippen LogP contribution in [-0.2, 0) is 0 Å². The van der Waals surface area contributed by atoms with E-state index >= 15 is 0 Å². The van der Waals surface area contributed by atoms with Gasteiger partial charge in [0.05, 0.1) is 0 Å². The third-order valence-corrected chi connectivity index (χ3v) is 0. The Kier molecular flexibility index (Phi) is 271. The van der Waals surface area contributed by atoms with Crippen LogP contribution >= 0.6 is 0 Å². The van der Waals surface area contributed by atoms with Gasteiger partial charge in [-0.1, -0.05) is 0 Å². The van der Waals surface area contributed by atoms with Gasteiger partial charge in [-0.15, -0.1) is 0 Å². The van der Waals surface area contributed by atoms with Crippen molar-refractivity contribution in [3.8, 4) is 0 Å². The van der Waals surface area contributed by atoms with Crippen molar-refractivity contribution in [3.63, 3.8) is 0 Å². The summed E-state index contributed by atoms with van der Waals surface area (Å²) in [6.07, 6.45) is 0. The summed E-state index contributed by atoms with van der Waals surface area (Å²) in [4.78, 5) is 0. The first-order valence-corrected chi connectivity index (χ1v) is 0. The molecular weight excluding hydrogens is 874 g/mol. The SMILES string of the molecule is [Ce].[Ce].[SnH2].[SnH2].[SnH2].[SnH2].[SnH2]. The van der Waals surface area contributed by atoms with Gasteiger partial charge >= 0.3 is 120 Å². The van der Waals surface area contributed by atoms with E-state index in [-0.39, 0.29) is 203 Å². The molecule has 0 N–H and O–H groups in total. The van der Waals surface area contributed by atoms with Crippen molar-refractivity contribution >= 4 is 120 Å². The third kappa shape index (κ3) is 32.3. The molecule has 38 valence electrons. The summed E-state index contributed by atoms with van der Waals surface area (Å²) in [6, 6.07) is 0. The van der Waals surface area contributed by atoms with Crippen molar-refractivity contribution < 1.29 is 83.5 Å². The topological polar surface area (TPSA) is 0 Å². The minimum atomic E-state index is 0. The van der Waals surface area contributed by atoms with E-state index < -0.39 is 0 Å². The molecule has 0 atom stereocenters. The van der Waals surface area contributed by atoms with Crippen LogP contribution in [0.15, 0.2) is 0 Å². The first-order valence-electron chi connectivity index (χ1n) is 0. The molecule has 0 saturated heterocycles. The Morgan fingerprint density at radius 2 is 0.286 bits per heavy atom. The number of rotatable bonds is 0. The zero-order valence-corrected chi connectivity index (χ0v) is 31.0. The third-order valence-electron chi connectivity index (χ3n) is 0. The summed E-state index contributed by atoms with van der Waals surface area (Å²) >= 11 is 0. The summed E-state index contributed by atoms with van der Waals surface area (Å²) in [5.41, 5.74) is 0. The molecule has 0 spiro atoms. The predicted octanol–water partition coefficient (Wildman–Crippen LogP) is -4.58.